The molecule has 0 saturated carbocycles. The van der Waals surface area contributed by atoms with Gasteiger partial charge < -0.3 is 10.4 Å². The lowest BCUT2D eigenvalue weighted by molar-refractivity contribution is -0.141. The van der Waals surface area contributed by atoms with Gasteiger partial charge in [-0.3, -0.25) is 9.59 Å². The van der Waals surface area contributed by atoms with E-state index < -0.39 is 11.9 Å². The predicted octanol–water partition coefficient (Wildman–Crippen LogP) is 2.52. The number of amides is 1. The summed E-state index contributed by atoms with van der Waals surface area (Å²) in [5.41, 5.74) is 0.552. The van der Waals surface area contributed by atoms with Crippen molar-refractivity contribution in [1.82, 2.24) is 5.32 Å². The van der Waals surface area contributed by atoms with Gasteiger partial charge in [-0.15, -0.1) is 0 Å². The highest BCUT2D eigenvalue weighted by atomic mass is 127. The van der Waals surface area contributed by atoms with Crippen LogP contribution in [0, 0.1) is 9.49 Å². The van der Waals surface area contributed by atoms with Gasteiger partial charge in [-0.1, -0.05) is 13.3 Å². The van der Waals surface area contributed by atoms with Crippen molar-refractivity contribution in [3.63, 3.8) is 0 Å². The zero-order valence-electron chi connectivity index (χ0n) is 10.1. The number of benzene rings is 1. The first kappa shape index (κ1) is 14.9. The first-order valence-corrected chi connectivity index (χ1v) is 6.89. The molecule has 1 atom stereocenters. The summed E-state index contributed by atoms with van der Waals surface area (Å²) in [5, 5.41) is 11.6. The van der Waals surface area contributed by atoms with Crippen LogP contribution >= 0.6 is 22.6 Å². The molecule has 0 saturated heterocycles. The van der Waals surface area contributed by atoms with Crippen molar-refractivity contribution >= 4 is 34.5 Å². The lowest BCUT2D eigenvalue weighted by atomic mass is 10.0. The number of carbonyl (C=O) groups excluding carboxylic acids is 1. The zero-order chi connectivity index (χ0) is 13.5. The van der Waals surface area contributed by atoms with Crippen LogP contribution in [0.2, 0.25) is 0 Å². The van der Waals surface area contributed by atoms with E-state index in [0.29, 0.717) is 12.0 Å². The number of halogens is 1. The molecule has 5 heteroatoms. The molecule has 0 aliphatic rings. The molecule has 0 bridgehead atoms. The summed E-state index contributed by atoms with van der Waals surface area (Å²) >= 11 is 2.16. The van der Waals surface area contributed by atoms with Gasteiger partial charge in [0.2, 0.25) is 0 Å². The van der Waals surface area contributed by atoms with Gasteiger partial charge in [0.05, 0.1) is 5.92 Å². The molecular weight excluding hydrogens is 345 g/mol. The molecule has 1 rings (SSSR count). The van der Waals surface area contributed by atoms with E-state index in [1.807, 2.05) is 19.1 Å². The van der Waals surface area contributed by atoms with Gasteiger partial charge in [-0.05, 0) is 53.3 Å². The number of carboxylic acids is 1. The van der Waals surface area contributed by atoms with Gasteiger partial charge in [-0.2, -0.15) is 0 Å². The number of carboxylic acid groups (broad SMARTS) is 1. The van der Waals surface area contributed by atoms with E-state index in [1.165, 1.54) is 0 Å². The summed E-state index contributed by atoms with van der Waals surface area (Å²) in [7, 11) is 0. The Balaban J connectivity index is 2.54. The molecule has 0 aliphatic heterocycles. The van der Waals surface area contributed by atoms with Crippen molar-refractivity contribution in [3.05, 3.63) is 33.4 Å². The van der Waals surface area contributed by atoms with Gasteiger partial charge in [0.25, 0.3) is 5.91 Å². The van der Waals surface area contributed by atoms with Crippen molar-refractivity contribution in [1.29, 1.82) is 0 Å². The smallest absolute Gasteiger partial charge is 0.308 e. The highest BCUT2D eigenvalue weighted by molar-refractivity contribution is 14.1. The maximum Gasteiger partial charge on any atom is 0.308 e. The second kappa shape index (κ2) is 7.35. The van der Waals surface area contributed by atoms with Crippen LogP contribution in [0.4, 0.5) is 0 Å². The van der Waals surface area contributed by atoms with Gasteiger partial charge in [0, 0.05) is 15.7 Å². The normalized spacial score (nSPS) is 11.9. The largest absolute Gasteiger partial charge is 0.481 e. The monoisotopic (exact) mass is 361 g/mol. The van der Waals surface area contributed by atoms with Crippen LogP contribution in [0.1, 0.15) is 30.1 Å². The minimum absolute atomic E-state index is 0.175. The van der Waals surface area contributed by atoms with Gasteiger partial charge in [0.1, 0.15) is 0 Å². The second-order valence-corrected chi connectivity index (χ2v) is 5.29. The van der Waals surface area contributed by atoms with E-state index in [1.54, 1.807) is 12.1 Å². The van der Waals surface area contributed by atoms with E-state index in [4.69, 9.17) is 5.11 Å². The van der Waals surface area contributed by atoms with Gasteiger partial charge in [-0.25, -0.2) is 0 Å². The summed E-state index contributed by atoms with van der Waals surface area (Å²) in [6, 6.07) is 7.14. The van der Waals surface area contributed by atoms with Crippen LogP contribution in [0.3, 0.4) is 0 Å². The first-order valence-electron chi connectivity index (χ1n) is 5.81. The minimum Gasteiger partial charge on any atom is -0.481 e. The summed E-state index contributed by atoms with van der Waals surface area (Å²) in [5.74, 6) is -1.60. The molecule has 2 N–H and O–H groups in total. The molecule has 0 heterocycles. The molecule has 0 aliphatic carbocycles. The topological polar surface area (TPSA) is 66.4 Å². The average Bonchev–Trinajstić information content (AvgIpc) is 2.34. The Hall–Kier alpha value is -1.11. The third kappa shape index (κ3) is 4.64. The highest BCUT2D eigenvalue weighted by Crippen LogP contribution is 2.08. The molecular formula is C13H16INO3. The predicted molar refractivity (Wildman–Crippen MR) is 77.5 cm³/mol. The maximum atomic E-state index is 11.8. The summed E-state index contributed by atoms with van der Waals surface area (Å²) in [6.45, 7) is 2.10. The van der Waals surface area contributed by atoms with E-state index in [0.717, 1.165) is 9.99 Å². The number of hydrogen-bond acceptors (Lipinski definition) is 2. The standard InChI is InChI=1S/C13H16INO3/c1-2-3-10(13(17)18)8-15-12(16)9-4-6-11(14)7-5-9/h4-7,10H,2-3,8H2,1H3,(H,15,16)(H,17,18). The molecule has 1 amide bonds. The lowest BCUT2D eigenvalue weighted by Gasteiger charge is -2.12. The molecule has 18 heavy (non-hydrogen) atoms. The number of nitrogens with one attached hydrogen (secondary N) is 1. The quantitative estimate of drug-likeness (QED) is 0.766. The van der Waals surface area contributed by atoms with E-state index in [-0.39, 0.29) is 12.5 Å². The molecule has 0 fully saturated rings. The fourth-order valence-electron chi connectivity index (χ4n) is 1.58. The van der Waals surface area contributed by atoms with Crippen molar-refractivity contribution in [3.8, 4) is 0 Å². The Morgan fingerprint density at radius 2 is 1.94 bits per heavy atom. The second-order valence-electron chi connectivity index (χ2n) is 4.04. The summed E-state index contributed by atoms with van der Waals surface area (Å²) in [6.07, 6.45) is 1.36. The van der Waals surface area contributed by atoms with Gasteiger partial charge in [0.15, 0.2) is 0 Å². The molecule has 1 unspecified atom stereocenters. The van der Waals surface area contributed by atoms with Crippen LogP contribution < -0.4 is 5.32 Å². The van der Waals surface area contributed by atoms with E-state index in [9.17, 15) is 9.59 Å². The molecule has 0 spiro atoms. The Bertz CT molecular complexity index is 417. The molecule has 98 valence electrons. The Morgan fingerprint density at radius 1 is 1.33 bits per heavy atom. The van der Waals surface area contributed by atoms with Crippen LogP contribution in [0.5, 0.6) is 0 Å². The van der Waals surface area contributed by atoms with Crippen molar-refractivity contribution in [2.75, 3.05) is 6.54 Å². The van der Waals surface area contributed by atoms with Crippen LogP contribution in [0.15, 0.2) is 24.3 Å². The number of carbonyl (C=O) groups is 2. The summed E-state index contributed by atoms with van der Waals surface area (Å²) < 4.78 is 1.05. The van der Waals surface area contributed by atoms with Crippen LogP contribution in [-0.2, 0) is 4.79 Å². The van der Waals surface area contributed by atoms with Crippen molar-refractivity contribution in [2.45, 2.75) is 19.8 Å². The SMILES string of the molecule is CCCC(CNC(=O)c1ccc(I)cc1)C(=O)O. The third-order valence-electron chi connectivity index (χ3n) is 2.60. The Labute approximate surface area is 120 Å². The molecule has 0 radical (unpaired) electrons. The van der Waals surface area contributed by atoms with Crippen molar-refractivity contribution in [2.24, 2.45) is 5.92 Å². The summed E-state index contributed by atoms with van der Waals surface area (Å²) in [4.78, 5) is 22.7. The van der Waals surface area contributed by atoms with E-state index in [2.05, 4.69) is 27.9 Å². The van der Waals surface area contributed by atoms with Crippen LogP contribution in [-0.4, -0.2) is 23.5 Å². The molecule has 0 aromatic heterocycles. The third-order valence-corrected chi connectivity index (χ3v) is 3.32. The van der Waals surface area contributed by atoms with Crippen LogP contribution in [0.25, 0.3) is 0 Å². The zero-order valence-corrected chi connectivity index (χ0v) is 12.3. The number of aliphatic carboxylic acids is 1. The average molecular weight is 361 g/mol. The molecule has 1 aromatic rings. The molecule has 1 aromatic carbocycles. The molecule has 4 nitrogen and oxygen atoms in total. The number of rotatable bonds is 6. The lowest BCUT2D eigenvalue weighted by Crippen LogP contribution is -2.32. The van der Waals surface area contributed by atoms with Crippen molar-refractivity contribution < 1.29 is 14.7 Å². The number of hydrogen-bond donors (Lipinski definition) is 2. The Morgan fingerprint density at radius 3 is 2.44 bits per heavy atom. The maximum absolute atomic E-state index is 11.8. The fourth-order valence-corrected chi connectivity index (χ4v) is 1.94. The van der Waals surface area contributed by atoms with Gasteiger partial charge >= 0.3 is 5.97 Å². The fraction of sp³-hybridized carbons (Fsp3) is 0.385. The Kier molecular flexibility index (Phi) is 6.11. The minimum atomic E-state index is -0.861. The first-order chi connectivity index (χ1) is 8.54. The highest BCUT2D eigenvalue weighted by Gasteiger charge is 2.17. The van der Waals surface area contributed by atoms with E-state index >= 15 is 0 Å².